The van der Waals surface area contributed by atoms with Crippen molar-refractivity contribution in [1.29, 1.82) is 0 Å². The molecule has 1 fully saturated rings. The maximum absolute atomic E-state index is 9.79. The summed E-state index contributed by atoms with van der Waals surface area (Å²) in [6.45, 7) is 7.96. The van der Waals surface area contributed by atoms with E-state index in [1.54, 1.807) is 6.20 Å². The monoisotopic (exact) mass is 270 g/mol. The largest absolute Gasteiger partial charge is 0.389 e. The number of β-amino-alcohol motifs (C(OH)–C–C–N with tert-alkyl or cyclic N) is 1. The highest BCUT2D eigenvalue weighted by molar-refractivity contribution is 6.29. The maximum atomic E-state index is 9.79. The van der Waals surface area contributed by atoms with Crippen LogP contribution < -0.4 is 4.90 Å². The van der Waals surface area contributed by atoms with E-state index in [0.29, 0.717) is 11.7 Å². The van der Waals surface area contributed by atoms with Gasteiger partial charge in [0.25, 0.3) is 0 Å². The minimum Gasteiger partial charge on any atom is -0.389 e. The van der Waals surface area contributed by atoms with Gasteiger partial charge in [0.2, 0.25) is 0 Å². The summed E-state index contributed by atoms with van der Waals surface area (Å²) in [6.07, 6.45) is 3.27. The predicted octanol–water partition coefficient (Wildman–Crippen LogP) is 1.02. The first kappa shape index (κ1) is 13.5. The van der Waals surface area contributed by atoms with E-state index in [-0.39, 0.29) is 0 Å². The number of aromatic nitrogens is 2. The van der Waals surface area contributed by atoms with E-state index in [1.165, 1.54) is 6.20 Å². The number of anilines is 1. The third-order valence-electron chi connectivity index (χ3n) is 2.90. The maximum Gasteiger partial charge on any atom is 0.149 e. The Balaban J connectivity index is 1.91. The molecule has 1 N–H and O–H groups in total. The standard InChI is InChI=1S/C12H19ClN4O/c1-12(2,18)9-16-3-5-17(6-4-16)11-8-14-7-10(13)15-11/h7-8,18H,3-6,9H2,1-2H3. The van der Waals surface area contributed by atoms with Crippen LogP contribution in [0.5, 0.6) is 0 Å². The number of rotatable bonds is 3. The molecular weight excluding hydrogens is 252 g/mol. The topological polar surface area (TPSA) is 52.5 Å². The van der Waals surface area contributed by atoms with Gasteiger partial charge in [0.1, 0.15) is 11.0 Å². The molecule has 1 aliphatic heterocycles. The Labute approximate surface area is 112 Å². The van der Waals surface area contributed by atoms with Crippen LogP contribution in [0.4, 0.5) is 5.82 Å². The summed E-state index contributed by atoms with van der Waals surface area (Å²) in [5, 5.41) is 10.2. The molecule has 18 heavy (non-hydrogen) atoms. The van der Waals surface area contributed by atoms with Crippen LogP contribution >= 0.6 is 11.6 Å². The van der Waals surface area contributed by atoms with Crippen molar-refractivity contribution in [3.8, 4) is 0 Å². The molecule has 0 unspecified atom stereocenters. The second kappa shape index (κ2) is 5.38. The molecule has 1 aliphatic rings. The molecule has 100 valence electrons. The highest BCUT2D eigenvalue weighted by atomic mass is 35.5. The summed E-state index contributed by atoms with van der Waals surface area (Å²) in [5.74, 6) is 0.824. The van der Waals surface area contributed by atoms with Gasteiger partial charge in [-0.2, -0.15) is 0 Å². The third-order valence-corrected chi connectivity index (χ3v) is 3.08. The normalized spacial score (nSPS) is 18.1. The summed E-state index contributed by atoms with van der Waals surface area (Å²) in [7, 11) is 0. The molecule has 0 bridgehead atoms. The van der Waals surface area contributed by atoms with Crippen LogP contribution in [0.3, 0.4) is 0 Å². The smallest absolute Gasteiger partial charge is 0.149 e. The van der Waals surface area contributed by atoms with Crippen molar-refractivity contribution in [2.45, 2.75) is 19.4 Å². The lowest BCUT2D eigenvalue weighted by atomic mass is 10.1. The average molecular weight is 271 g/mol. The van der Waals surface area contributed by atoms with E-state index < -0.39 is 5.60 Å². The van der Waals surface area contributed by atoms with Gasteiger partial charge in [-0.1, -0.05) is 11.6 Å². The fourth-order valence-corrected chi connectivity index (χ4v) is 2.31. The third kappa shape index (κ3) is 3.80. The van der Waals surface area contributed by atoms with Crippen molar-refractivity contribution in [2.75, 3.05) is 37.6 Å². The lowest BCUT2D eigenvalue weighted by molar-refractivity contribution is 0.0344. The van der Waals surface area contributed by atoms with Crippen molar-refractivity contribution in [2.24, 2.45) is 0 Å². The molecule has 0 radical (unpaired) electrons. The van der Waals surface area contributed by atoms with Crippen molar-refractivity contribution >= 4 is 17.4 Å². The lowest BCUT2D eigenvalue weighted by Crippen LogP contribution is -2.50. The summed E-state index contributed by atoms with van der Waals surface area (Å²) in [6, 6.07) is 0. The van der Waals surface area contributed by atoms with Crippen LogP contribution in [0.25, 0.3) is 0 Å². The number of halogens is 1. The zero-order chi connectivity index (χ0) is 13.2. The van der Waals surface area contributed by atoms with Gasteiger partial charge in [-0.25, -0.2) is 4.98 Å². The highest BCUT2D eigenvalue weighted by Crippen LogP contribution is 2.16. The molecule has 2 rings (SSSR count). The fourth-order valence-electron chi connectivity index (χ4n) is 2.17. The average Bonchev–Trinajstić information content (AvgIpc) is 2.28. The zero-order valence-electron chi connectivity index (χ0n) is 10.8. The second-order valence-electron chi connectivity index (χ2n) is 5.28. The molecule has 1 saturated heterocycles. The summed E-state index contributed by atoms with van der Waals surface area (Å²) >= 11 is 5.84. The molecule has 2 heterocycles. The molecule has 1 aromatic heterocycles. The van der Waals surface area contributed by atoms with Gasteiger partial charge in [-0.05, 0) is 13.8 Å². The van der Waals surface area contributed by atoms with Crippen molar-refractivity contribution in [3.63, 3.8) is 0 Å². The minimum absolute atomic E-state index is 0.423. The Morgan fingerprint density at radius 2 is 1.94 bits per heavy atom. The zero-order valence-corrected chi connectivity index (χ0v) is 11.6. The lowest BCUT2D eigenvalue weighted by Gasteiger charge is -2.37. The molecule has 0 aromatic carbocycles. The molecule has 0 saturated carbocycles. The molecule has 6 heteroatoms. The first-order valence-corrected chi connectivity index (χ1v) is 6.49. The van der Waals surface area contributed by atoms with Gasteiger partial charge in [0.05, 0.1) is 18.0 Å². The Morgan fingerprint density at radius 3 is 2.50 bits per heavy atom. The number of aliphatic hydroxyl groups is 1. The first-order chi connectivity index (χ1) is 8.44. The molecule has 5 nitrogen and oxygen atoms in total. The van der Waals surface area contributed by atoms with E-state index >= 15 is 0 Å². The number of nitrogens with zero attached hydrogens (tertiary/aromatic N) is 4. The first-order valence-electron chi connectivity index (χ1n) is 6.11. The van der Waals surface area contributed by atoms with Crippen molar-refractivity contribution in [1.82, 2.24) is 14.9 Å². The number of piperazine rings is 1. The number of hydrogen-bond acceptors (Lipinski definition) is 5. The quantitative estimate of drug-likeness (QED) is 0.889. The van der Waals surface area contributed by atoms with E-state index in [2.05, 4.69) is 19.8 Å². The summed E-state index contributed by atoms with van der Waals surface area (Å²) in [5.41, 5.74) is -0.641. The van der Waals surface area contributed by atoms with Crippen LogP contribution in [0.15, 0.2) is 12.4 Å². The predicted molar refractivity (Wildman–Crippen MR) is 72.0 cm³/mol. The van der Waals surface area contributed by atoms with Gasteiger partial charge in [-0.3, -0.25) is 9.88 Å². The van der Waals surface area contributed by atoms with E-state index in [0.717, 1.165) is 32.0 Å². The van der Waals surface area contributed by atoms with Gasteiger partial charge < -0.3 is 10.0 Å². The van der Waals surface area contributed by atoms with Crippen molar-refractivity contribution < 1.29 is 5.11 Å². The molecule has 1 aromatic rings. The van der Waals surface area contributed by atoms with Crippen LogP contribution in [-0.4, -0.2) is 58.3 Å². The summed E-state index contributed by atoms with van der Waals surface area (Å²) in [4.78, 5) is 12.7. The van der Waals surface area contributed by atoms with Gasteiger partial charge >= 0.3 is 0 Å². The second-order valence-corrected chi connectivity index (χ2v) is 5.66. The molecule has 0 aliphatic carbocycles. The Hall–Kier alpha value is -0.910. The van der Waals surface area contributed by atoms with Gasteiger partial charge in [0.15, 0.2) is 0 Å². The van der Waals surface area contributed by atoms with Crippen LogP contribution in [0.2, 0.25) is 5.15 Å². The molecule has 0 atom stereocenters. The van der Waals surface area contributed by atoms with Gasteiger partial charge in [-0.15, -0.1) is 0 Å². The van der Waals surface area contributed by atoms with Crippen LogP contribution in [0, 0.1) is 0 Å². The van der Waals surface area contributed by atoms with E-state index in [1.807, 2.05) is 13.8 Å². The molecule has 0 amide bonds. The number of hydrogen-bond donors (Lipinski definition) is 1. The van der Waals surface area contributed by atoms with Crippen LogP contribution in [0.1, 0.15) is 13.8 Å². The van der Waals surface area contributed by atoms with E-state index in [9.17, 15) is 5.11 Å². The Morgan fingerprint density at radius 1 is 1.28 bits per heavy atom. The highest BCUT2D eigenvalue weighted by Gasteiger charge is 2.23. The minimum atomic E-state index is -0.641. The van der Waals surface area contributed by atoms with Gasteiger partial charge in [0, 0.05) is 32.7 Å². The summed E-state index contributed by atoms with van der Waals surface area (Å²) < 4.78 is 0. The molecular formula is C12H19ClN4O. The molecule has 0 spiro atoms. The SMILES string of the molecule is CC(C)(O)CN1CCN(c2cncc(Cl)n2)CC1. The Kier molecular flexibility index (Phi) is 4.04. The van der Waals surface area contributed by atoms with E-state index in [4.69, 9.17) is 11.6 Å². The van der Waals surface area contributed by atoms with Crippen LogP contribution in [-0.2, 0) is 0 Å². The fraction of sp³-hybridized carbons (Fsp3) is 0.667. The van der Waals surface area contributed by atoms with Crippen molar-refractivity contribution in [3.05, 3.63) is 17.5 Å². The Bertz CT molecular complexity index is 399.